The van der Waals surface area contributed by atoms with Crippen LogP contribution in [0.15, 0.2) is 6.20 Å². The van der Waals surface area contributed by atoms with Crippen LogP contribution in [0.5, 0.6) is 0 Å². The van der Waals surface area contributed by atoms with Gasteiger partial charge in [0.25, 0.3) is 0 Å². The molecule has 1 rings (SSSR count). The summed E-state index contributed by atoms with van der Waals surface area (Å²) in [5, 5.41) is 3.19. The number of aromatic nitrogens is 2. The molecule has 14 heavy (non-hydrogen) atoms. The summed E-state index contributed by atoms with van der Waals surface area (Å²) in [5.41, 5.74) is 2.28. The molecule has 0 aliphatic heterocycles. The maximum atomic E-state index is 4.48. The molecule has 0 spiro atoms. The Hall–Kier alpha value is -0.960. The van der Waals surface area contributed by atoms with Gasteiger partial charge in [-0.15, -0.1) is 0 Å². The van der Waals surface area contributed by atoms with Crippen LogP contribution in [0.1, 0.15) is 43.4 Å². The number of aryl methyl sites for hydroxylation is 2. The zero-order valence-corrected chi connectivity index (χ0v) is 9.46. The first-order valence-electron chi connectivity index (χ1n) is 5.18. The Kier molecular flexibility index (Phi) is 4.01. The van der Waals surface area contributed by atoms with Crippen molar-refractivity contribution in [3.8, 4) is 0 Å². The lowest BCUT2D eigenvalue weighted by molar-refractivity contribution is 0.636. The lowest BCUT2D eigenvalue weighted by Crippen LogP contribution is -2.15. The molecule has 0 amide bonds. The van der Waals surface area contributed by atoms with Crippen LogP contribution in [0.25, 0.3) is 0 Å². The highest BCUT2D eigenvalue weighted by Crippen LogP contribution is 2.14. The molecule has 1 heterocycles. The van der Waals surface area contributed by atoms with E-state index >= 15 is 0 Å². The highest BCUT2D eigenvalue weighted by Gasteiger charge is 2.08. The molecule has 3 nitrogen and oxygen atoms in total. The predicted octanol–water partition coefficient (Wildman–Crippen LogP) is 2.02. The fourth-order valence-electron chi connectivity index (χ4n) is 1.45. The van der Waals surface area contributed by atoms with Gasteiger partial charge >= 0.3 is 0 Å². The molecule has 1 N–H and O–H groups in total. The highest BCUT2D eigenvalue weighted by atomic mass is 14.9. The Morgan fingerprint density at radius 3 is 2.71 bits per heavy atom. The summed E-state index contributed by atoms with van der Waals surface area (Å²) in [6, 6.07) is 0.325. The summed E-state index contributed by atoms with van der Waals surface area (Å²) in [6.07, 6.45) is 4.00. The van der Waals surface area contributed by atoms with Gasteiger partial charge in [0.2, 0.25) is 0 Å². The van der Waals surface area contributed by atoms with Gasteiger partial charge in [-0.25, -0.2) is 9.97 Å². The summed E-state index contributed by atoms with van der Waals surface area (Å²) in [4.78, 5) is 8.83. The van der Waals surface area contributed by atoms with Crippen molar-refractivity contribution in [2.45, 2.75) is 39.7 Å². The molecule has 0 radical (unpaired) electrons. The zero-order valence-electron chi connectivity index (χ0n) is 9.46. The molecule has 0 saturated heterocycles. The van der Waals surface area contributed by atoms with E-state index < -0.39 is 0 Å². The molecule has 1 atom stereocenters. The van der Waals surface area contributed by atoms with Crippen molar-refractivity contribution >= 4 is 0 Å². The molecule has 0 aliphatic carbocycles. The van der Waals surface area contributed by atoms with E-state index in [2.05, 4.69) is 29.1 Å². The lowest BCUT2D eigenvalue weighted by atomic mass is 10.1. The molecule has 1 aromatic rings. The molecule has 0 saturated carbocycles. The van der Waals surface area contributed by atoms with Gasteiger partial charge in [-0.2, -0.15) is 0 Å². The second-order valence-electron chi connectivity index (χ2n) is 3.59. The number of nitrogens with zero attached hydrogens (tertiary/aromatic N) is 2. The maximum Gasteiger partial charge on any atom is 0.128 e. The SMILES string of the molecule is CCCc1ncc(C(C)NC)c(C)n1. The highest BCUT2D eigenvalue weighted by molar-refractivity contribution is 5.19. The van der Waals surface area contributed by atoms with Crippen molar-refractivity contribution in [3.63, 3.8) is 0 Å². The van der Waals surface area contributed by atoms with Gasteiger partial charge in [-0.05, 0) is 27.3 Å². The number of rotatable bonds is 4. The third kappa shape index (κ3) is 2.51. The van der Waals surface area contributed by atoms with E-state index in [0.29, 0.717) is 6.04 Å². The van der Waals surface area contributed by atoms with Gasteiger partial charge in [0.05, 0.1) is 0 Å². The number of hydrogen-bond donors (Lipinski definition) is 1. The van der Waals surface area contributed by atoms with Crippen LogP contribution in [0.4, 0.5) is 0 Å². The molecule has 0 fully saturated rings. The normalized spacial score (nSPS) is 12.9. The van der Waals surface area contributed by atoms with Gasteiger partial charge in [0.1, 0.15) is 5.82 Å². The molecule has 78 valence electrons. The monoisotopic (exact) mass is 193 g/mol. The van der Waals surface area contributed by atoms with Crippen molar-refractivity contribution < 1.29 is 0 Å². The Labute approximate surface area is 86.0 Å². The molecule has 0 bridgehead atoms. The first-order valence-corrected chi connectivity index (χ1v) is 5.18. The molecule has 0 aliphatic rings. The minimum absolute atomic E-state index is 0.325. The average Bonchev–Trinajstić information content (AvgIpc) is 2.17. The molecular formula is C11H19N3. The first kappa shape index (κ1) is 11.1. The third-order valence-electron chi connectivity index (χ3n) is 2.44. The first-order chi connectivity index (χ1) is 6.69. The summed E-state index contributed by atoms with van der Waals surface area (Å²) < 4.78 is 0. The minimum Gasteiger partial charge on any atom is -0.313 e. The number of hydrogen-bond acceptors (Lipinski definition) is 3. The molecule has 1 aromatic heterocycles. The second-order valence-corrected chi connectivity index (χ2v) is 3.59. The Morgan fingerprint density at radius 1 is 1.50 bits per heavy atom. The van der Waals surface area contributed by atoms with Crippen LogP contribution in [-0.4, -0.2) is 17.0 Å². The molecule has 3 heteroatoms. The molecule has 0 aromatic carbocycles. The van der Waals surface area contributed by atoms with E-state index in [0.717, 1.165) is 24.4 Å². The van der Waals surface area contributed by atoms with Gasteiger partial charge in [-0.3, -0.25) is 0 Å². The summed E-state index contributed by atoms with van der Waals surface area (Å²) in [6.45, 7) is 6.30. The summed E-state index contributed by atoms with van der Waals surface area (Å²) >= 11 is 0. The fourth-order valence-corrected chi connectivity index (χ4v) is 1.45. The van der Waals surface area contributed by atoms with Gasteiger partial charge in [0.15, 0.2) is 0 Å². The van der Waals surface area contributed by atoms with E-state index in [4.69, 9.17) is 0 Å². The second kappa shape index (κ2) is 5.05. The minimum atomic E-state index is 0.325. The van der Waals surface area contributed by atoms with Crippen LogP contribution < -0.4 is 5.32 Å². The van der Waals surface area contributed by atoms with Crippen LogP contribution in [0, 0.1) is 6.92 Å². The van der Waals surface area contributed by atoms with Crippen molar-refractivity contribution in [1.82, 2.24) is 15.3 Å². The van der Waals surface area contributed by atoms with Crippen molar-refractivity contribution in [1.29, 1.82) is 0 Å². The van der Waals surface area contributed by atoms with Crippen molar-refractivity contribution in [3.05, 3.63) is 23.3 Å². The fraction of sp³-hybridized carbons (Fsp3) is 0.636. The standard InChI is InChI=1S/C11H19N3/c1-5-6-11-13-7-10(8(2)12-4)9(3)14-11/h7-8,12H,5-6H2,1-4H3. The quantitative estimate of drug-likeness (QED) is 0.795. The summed E-state index contributed by atoms with van der Waals surface area (Å²) in [5.74, 6) is 0.956. The Bertz CT molecular complexity index is 297. The predicted molar refractivity (Wildman–Crippen MR) is 58.2 cm³/mol. The molecular weight excluding hydrogens is 174 g/mol. The zero-order chi connectivity index (χ0) is 10.6. The van der Waals surface area contributed by atoms with Gasteiger partial charge < -0.3 is 5.32 Å². The smallest absolute Gasteiger partial charge is 0.128 e. The van der Waals surface area contributed by atoms with E-state index in [1.807, 2.05) is 20.2 Å². The maximum absolute atomic E-state index is 4.48. The van der Waals surface area contributed by atoms with Crippen molar-refractivity contribution in [2.24, 2.45) is 0 Å². The van der Waals surface area contributed by atoms with Crippen LogP contribution >= 0.6 is 0 Å². The van der Waals surface area contributed by atoms with Gasteiger partial charge in [0, 0.05) is 29.9 Å². The number of nitrogens with one attached hydrogen (secondary N) is 1. The van der Waals surface area contributed by atoms with Crippen LogP contribution in [-0.2, 0) is 6.42 Å². The lowest BCUT2D eigenvalue weighted by Gasteiger charge is -2.12. The average molecular weight is 193 g/mol. The van der Waals surface area contributed by atoms with Gasteiger partial charge in [-0.1, -0.05) is 6.92 Å². The Morgan fingerprint density at radius 2 is 2.21 bits per heavy atom. The van der Waals surface area contributed by atoms with Crippen LogP contribution in [0.2, 0.25) is 0 Å². The van der Waals surface area contributed by atoms with E-state index in [1.54, 1.807) is 0 Å². The van der Waals surface area contributed by atoms with E-state index in [-0.39, 0.29) is 0 Å². The van der Waals surface area contributed by atoms with Crippen molar-refractivity contribution in [2.75, 3.05) is 7.05 Å². The Balaban J connectivity index is 2.89. The summed E-state index contributed by atoms with van der Waals surface area (Å²) in [7, 11) is 1.95. The third-order valence-corrected chi connectivity index (χ3v) is 2.44. The topological polar surface area (TPSA) is 37.8 Å². The molecule has 1 unspecified atom stereocenters. The van der Waals surface area contributed by atoms with Crippen LogP contribution in [0.3, 0.4) is 0 Å². The van der Waals surface area contributed by atoms with E-state index in [9.17, 15) is 0 Å². The largest absolute Gasteiger partial charge is 0.313 e. The van der Waals surface area contributed by atoms with E-state index in [1.165, 1.54) is 5.56 Å².